The van der Waals surface area contributed by atoms with Gasteiger partial charge in [-0.25, -0.2) is 4.39 Å². The van der Waals surface area contributed by atoms with Crippen LogP contribution in [0.3, 0.4) is 0 Å². The normalized spacial score (nSPS) is 9.42. The third-order valence-corrected chi connectivity index (χ3v) is 1.32. The van der Waals surface area contributed by atoms with Gasteiger partial charge in [0.2, 0.25) is 0 Å². The molecule has 0 aromatic heterocycles. The topological polar surface area (TPSA) is 55.1 Å². The lowest BCUT2D eigenvalue weighted by Gasteiger charge is -2.01. The standard InChI is InChI=1S/C8H9FN2O/c9-5-8(12)11-7-3-1-6(10)2-4-7/h1-4H,5,10H2,(H,11,12). The number of benzene rings is 1. The summed E-state index contributed by atoms with van der Waals surface area (Å²) in [6.45, 7) is -1.01. The van der Waals surface area contributed by atoms with Gasteiger partial charge in [-0.05, 0) is 24.3 Å². The van der Waals surface area contributed by atoms with Crippen LogP contribution in [0, 0.1) is 0 Å². The molecule has 3 N–H and O–H groups in total. The second-order valence-electron chi connectivity index (χ2n) is 2.30. The molecule has 1 aromatic rings. The molecule has 0 aliphatic heterocycles. The fourth-order valence-corrected chi connectivity index (χ4v) is 0.761. The van der Waals surface area contributed by atoms with Crippen molar-refractivity contribution in [2.75, 3.05) is 17.7 Å². The number of nitrogen functional groups attached to an aromatic ring is 1. The molecule has 0 aliphatic rings. The fraction of sp³-hybridized carbons (Fsp3) is 0.125. The molecule has 0 saturated heterocycles. The number of rotatable bonds is 2. The van der Waals surface area contributed by atoms with E-state index in [-0.39, 0.29) is 0 Å². The van der Waals surface area contributed by atoms with Gasteiger partial charge in [-0.1, -0.05) is 0 Å². The lowest BCUT2D eigenvalue weighted by atomic mass is 10.3. The molecule has 12 heavy (non-hydrogen) atoms. The van der Waals surface area contributed by atoms with E-state index < -0.39 is 12.6 Å². The van der Waals surface area contributed by atoms with E-state index in [0.717, 1.165) is 0 Å². The predicted octanol–water partition coefficient (Wildman–Crippen LogP) is 1.18. The second-order valence-corrected chi connectivity index (χ2v) is 2.30. The van der Waals surface area contributed by atoms with Crippen LogP contribution in [0.15, 0.2) is 24.3 Å². The van der Waals surface area contributed by atoms with E-state index in [1.54, 1.807) is 24.3 Å². The lowest BCUT2D eigenvalue weighted by Crippen LogP contribution is -2.12. The van der Waals surface area contributed by atoms with Gasteiger partial charge in [-0.15, -0.1) is 0 Å². The maximum Gasteiger partial charge on any atom is 0.255 e. The summed E-state index contributed by atoms with van der Waals surface area (Å²) in [5, 5.41) is 2.35. The minimum atomic E-state index is -1.01. The average molecular weight is 168 g/mol. The molecular formula is C8H9FN2O. The first-order chi connectivity index (χ1) is 5.72. The molecule has 0 radical (unpaired) electrons. The molecule has 0 saturated carbocycles. The highest BCUT2D eigenvalue weighted by molar-refractivity contribution is 5.91. The monoisotopic (exact) mass is 168 g/mol. The zero-order chi connectivity index (χ0) is 8.97. The van der Waals surface area contributed by atoms with Gasteiger partial charge in [0.15, 0.2) is 6.67 Å². The van der Waals surface area contributed by atoms with E-state index in [2.05, 4.69) is 5.32 Å². The predicted molar refractivity (Wildman–Crippen MR) is 45.5 cm³/mol. The Hall–Kier alpha value is -1.58. The van der Waals surface area contributed by atoms with Crippen LogP contribution in [0.25, 0.3) is 0 Å². The number of amides is 1. The Kier molecular flexibility index (Phi) is 2.63. The molecule has 4 heteroatoms. The lowest BCUT2D eigenvalue weighted by molar-refractivity contribution is -0.117. The minimum absolute atomic E-state index is 0.548. The summed E-state index contributed by atoms with van der Waals surface area (Å²) < 4.78 is 11.7. The zero-order valence-electron chi connectivity index (χ0n) is 6.38. The molecule has 0 spiro atoms. The molecule has 64 valence electrons. The molecule has 0 fully saturated rings. The van der Waals surface area contributed by atoms with Crippen molar-refractivity contribution in [3.05, 3.63) is 24.3 Å². The van der Waals surface area contributed by atoms with Crippen molar-refractivity contribution in [3.8, 4) is 0 Å². The van der Waals surface area contributed by atoms with Crippen molar-refractivity contribution < 1.29 is 9.18 Å². The third kappa shape index (κ3) is 2.23. The second kappa shape index (κ2) is 3.71. The highest BCUT2D eigenvalue weighted by atomic mass is 19.1. The van der Waals surface area contributed by atoms with Gasteiger partial charge in [0.25, 0.3) is 5.91 Å². The summed E-state index contributed by atoms with van der Waals surface area (Å²) in [5.41, 5.74) is 6.56. The molecule has 3 nitrogen and oxygen atoms in total. The van der Waals surface area contributed by atoms with Crippen LogP contribution in [-0.2, 0) is 4.79 Å². The molecular weight excluding hydrogens is 159 g/mol. The Balaban J connectivity index is 2.64. The van der Waals surface area contributed by atoms with Crippen LogP contribution in [-0.4, -0.2) is 12.6 Å². The van der Waals surface area contributed by atoms with Gasteiger partial charge in [-0.3, -0.25) is 4.79 Å². The van der Waals surface area contributed by atoms with Crippen molar-refractivity contribution in [1.29, 1.82) is 0 Å². The first-order valence-electron chi connectivity index (χ1n) is 3.43. The molecule has 1 amide bonds. The highest BCUT2D eigenvalue weighted by Gasteiger charge is 1.98. The molecule has 0 heterocycles. The highest BCUT2D eigenvalue weighted by Crippen LogP contribution is 2.09. The number of nitrogens with two attached hydrogens (primary N) is 1. The van der Waals surface area contributed by atoms with Crippen molar-refractivity contribution in [3.63, 3.8) is 0 Å². The SMILES string of the molecule is Nc1ccc(NC(=O)CF)cc1. The van der Waals surface area contributed by atoms with Crippen LogP contribution in [0.2, 0.25) is 0 Å². The van der Waals surface area contributed by atoms with Crippen LogP contribution >= 0.6 is 0 Å². The van der Waals surface area contributed by atoms with Crippen LogP contribution in [0.1, 0.15) is 0 Å². The van der Waals surface area contributed by atoms with Crippen LogP contribution < -0.4 is 11.1 Å². The average Bonchev–Trinajstić information content (AvgIpc) is 2.09. The first kappa shape index (κ1) is 8.52. The maximum absolute atomic E-state index is 11.7. The summed E-state index contributed by atoms with van der Waals surface area (Å²) in [4.78, 5) is 10.5. The number of carbonyl (C=O) groups excluding carboxylic acids is 1. The summed E-state index contributed by atoms with van der Waals surface area (Å²) in [5.74, 6) is -0.653. The van der Waals surface area contributed by atoms with E-state index >= 15 is 0 Å². The smallest absolute Gasteiger partial charge is 0.255 e. The Morgan fingerprint density at radius 2 is 2.00 bits per heavy atom. The van der Waals surface area contributed by atoms with E-state index in [0.29, 0.717) is 11.4 Å². The van der Waals surface area contributed by atoms with Crippen molar-refractivity contribution in [2.45, 2.75) is 0 Å². The quantitative estimate of drug-likeness (QED) is 0.651. The van der Waals surface area contributed by atoms with Crippen molar-refractivity contribution in [1.82, 2.24) is 0 Å². The number of alkyl halides is 1. The number of nitrogens with one attached hydrogen (secondary N) is 1. The van der Waals surface area contributed by atoms with E-state index in [1.165, 1.54) is 0 Å². The molecule has 0 aliphatic carbocycles. The number of hydrogen-bond acceptors (Lipinski definition) is 2. The third-order valence-electron chi connectivity index (χ3n) is 1.32. The van der Waals surface area contributed by atoms with Crippen LogP contribution in [0.4, 0.5) is 15.8 Å². The van der Waals surface area contributed by atoms with Gasteiger partial charge in [0, 0.05) is 11.4 Å². The van der Waals surface area contributed by atoms with Gasteiger partial charge < -0.3 is 11.1 Å². The summed E-state index contributed by atoms with van der Waals surface area (Å²) in [7, 11) is 0. The fourth-order valence-electron chi connectivity index (χ4n) is 0.761. The van der Waals surface area contributed by atoms with E-state index in [1.807, 2.05) is 0 Å². The molecule has 1 rings (SSSR count). The Bertz CT molecular complexity index is 271. The molecule has 0 atom stereocenters. The number of hydrogen-bond donors (Lipinski definition) is 2. The maximum atomic E-state index is 11.7. The van der Waals surface area contributed by atoms with Crippen molar-refractivity contribution >= 4 is 17.3 Å². The van der Waals surface area contributed by atoms with Gasteiger partial charge in [0.1, 0.15) is 0 Å². The van der Waals surface area contributed by atoms with Gasteiger partial charge in [0.05, 0.1) is 0 Å². The first-order valence-corrected chi connectivity index (χ1v) is 3.43. The molecule has 0 unspecified atom stereocenters. The van der Waals surface area contributed by atoms with E-state index in [9.17, 15) is 9.18 Å². The molecule has 1 aromatic carbocycles. The summed E-state index contributed by atoms with van der Waals surface area (Å²) >= 11 is 0. The molecule has 0 bridgehead atoms. The van der Waals surface area contributed by atoms with E-state index in [4.69, 9.17) is 5.73 Å². The number of carbonyl (C=O) groups is 1. The number of anilines is 2. The zero-order valence-corrected chi connectivity index (χ0v) is 6.38. The Morgan fingerprint density at radius 1 is 1.42 bits per heavy atom. The Labute approximate surface area is 69.4 Å². The van der Waals surface area contributed by atoms with Crippen LogP contribution in [0.5, 0.6) is 0 Å². The van der Waals surface area contributed by atoms with Crippen molar-refractivity contribution in [2.24, 2.45) is 0 Å². The summed E-state index contributed by atoms with van der Waals surface area (Å²) in [6, 6.07) is 6.49. The summed E-state index contributed by atoms with van der Waals surface area (Å²) in [6.07, 6.45) is 0. The largest absolute Gasteiger partial charge is 0.399 e. The van der Waals surface area contributed by atoms with Gasteiger partial charge in [-0.2, -0.15) is 0 Å². The minimum Gasteiger partial charge on any atom is -0.399 e. The van der Waals surface area contributed by atoms with Gasteiger partial charge >= 0.3 is 0 Å². The number of halogens is 1. The Morgan fingerprint density at radius 3 is 2.50 bits per heavy atom.